The molecule has 1 heterocycles. The van der Waals surface area contributed by atoms with Gasteiger partial charge in [-0.25, -0.2) is 4.37 Å². The van der Waals surface area contributed by atoms with Crippen molar-refractivity contribution in [3.63, 3.8) is 0 Å². The van der Waals surface area contributed by atoms with Crippen LogP contribution in [-0.4, -0.2) is 10.2 Å². The largest absolute Gasteiger partial charge is 0.293 e. The molecule has 1 aromatic rings. The number of nitrogens with zero attached hydrogens (tertiary/aromatic N) is 1. The van der Waals surface area contributed by atoms with Gasteiger partial charge in [0.2, 0.25) is 0 Å². The Labute approximate surface area is 93.9 Å². The van der Waals surface area contributed by atoms with Crippen LogP contribution >= 0.6 is 11.5 Å². The van der Waals surface area contributed by atoms with E-state index in [1.165, 1.54) is 37.2 Å². The Morgan fingerprint density at radius 1 is 1.47 bits per heavy atom. The third-order valence-electron chi connectivity index (χ3n) is 4.04. The predicted molar refractivity (Wildman–Crippen MR) is 60.0 cm³/mol. The number of carbonyl (C=O) groups is 1. The highest BCUT2D eigenvalue weighted by Gasteiger charge is 2.40. The van der Waals surface area contributed by atoms with E-state index in [4.69, 9.17) is 0 Å². The van der Waals surface area contributed by atoms with Crippen molar-refractivity contribution in [2.75, 3.05) is 0 Å². The van der Waals surface area contributed by atoms with E-state index in [-0.39, 0.29) is 0 Å². The molecule has 2 fully saturated rings. The topological polar surface area (TPSA) is 30.0 Å². The molecule has 0 radical (unpaired) electrons. The summed E-state index contributed by atoms with van der Waals surface area (Å²) in [5, 5.41) is 0. The van der Waals surface area contributed by atoms with Crippen molar-refractivity contribution < 1.29 is 4.79 Å². The zero-order chi connectivity index (χ0) is 10.3. The molecule has 0 spiro atoms. The third-order valence-corrected chi connectivity index (χ3v) is 4.83. The van der Waals surface area contributed by atoms with Crippen molar-refractivity contribution in [2.45, 2.75) is 32.1 Å². The van der Waals surface area contributed by atoms with Crippen molar-refractivity contribution in [3.8, 4) is 0 Å². The minimum absolute atomic E-state index is 0.315. The number of ketones is 1. The van der Waals surface area contributed by atoms with Crippen LogP contribution in [-0.2, 0) is 0 Å². The summed E-state index contributed by atoms with van der Waals surface area (Å²) in [7, 11) is 0. The van der Waals surface area contributed by atoms with E-state index in [1.54, 1.807) is 6.20 Å². The summed E-state index contributed by atoms with van der Waals surface area (Å²) in [4.78, 5) is 12.8. The minimum atomic E-state index is 0.315. The first kappa shape index (κ1) is 9.52. The van der Waals surface area contributed by atoms with Gasteiger partial charge in [0.15, 0.2) is 5.78 Å². The van der Waals surface area contributed by atoms with Crippen LogP contribution in [0.4, 0.5) is 0 Å². The highest BCUT2D eigenvalue weighted by atomic mass is 32.1. The SMILES string of the molecule is O=C(CC1CC2CCC1C2)c1ccns1. The second-order valence-electron chi connectivity index (χ2n) is 4.94. The normalized spacial score (nSPS) is 33.5. The molecule has 3 heteroatoms. The molecule has 0 amide bonds. The molecule has 2 bridgehead atoms. The molecule has 2 aliphatic rings. The molecule has 3 rings (SSSR count). The minimum Gasteiger partial charge on any atom is -0.293 e. The number of hydrogen-bond donors (Lipinski definition) is 0. The molecule has 1 aromatic heterocycles. The quantitative estimate of drug-likeness (QED) is 0.734. The molecule has 2 saturated carbocycles. The first-order valence-corrected chi connectivity index (χ1v) is 6.54. The first-order valence-electron chi connectivity index (χ1n) is 5.77. The average molecular weight is 221 g/mol. The van der Waals surface area contributed by atoms with E-state index in [0.29, 0.717) is 11.7 Å². The van der Waals surface area contributed by atoms with Crippen molar-refractivity contribution in [3.05, 3.63) is 17.1 Å². The van der Waals surface area contributed by atoms with Gasteiger partial charge in [-0.3, -0.25) is 4.79 Å². The van der Waals surface area contributed by atoms with Gasteiger partial charge in [-0.15, -0.1) is 0 Å². The van der Waals surface area contributed by atoms with E-state index in [9.17, 15) is 4.79 Å². The molecule has 3 atom stereocenters. The lowest BCUT2D eigenvalue weighted by atomic mass is 9.85. The van der Waals surface area contributed by atoms with Crippen LogP contribution in [0, 0.1) is 17.8 Å². The molecule has 80 valence electrons. The van der Waals surface area contributed by atoms with Crippen molar-refractivity contribution in [2.24, 2.45) is 17.8 Å². The predicted octanol–water partition coefficient (Wildman–Crippen LogP) is 3.15. The van der Waals surface area contributed by atoms with E-state index < -0.39 is 0 Å². The van der Waals surface area contributed by atoms with Crippen molar-refractivity contribution >= 4 is 17.3 Å². The number of rotatable bonds is 3. The fourth-order valence-electron chi connectivity index (χ4n) is 3.32. The molecule has 0 N–H and O–H groups in total. The Balaban J connectivity index is 1.64. The van der Waals surface area contributed by atoms with Gasteiger partial charge in [0, 0.05) is 12.6 Å². The Morgan fingerprint density at radius 2 is 2.40 bits per heavy atom. The van der Waals surface area contributed by atoms with Gasteiger partial charge >= 0.3 is 0 Å². The molecule has 2 aliphatic carbocycles. The number of hydrogen-bond acceptors (Lipinski definition) is 3. The second kappa shape index (κ2) is 3.71. The standard InChI is InChI=1S/C12H15NOS/c14-11(12-3-4-13-15-12)7-10-6-8-1-2-9(10)5-8/h3-4,8-10H,1-2,5-7H2. The van der Waals surface area contributed by atoms with Crippen LogP contribution in [0.1, 0.15) is 41.8 Å². The monoisotopic (exact) mass is 221 g/mol. The van der Waals surface area contributed by atoms with Gasteiger partial charge in [-0.1, -0.05) is 6.42 Å². The summed E-state index contributed by atoms with van der Waals surface area (Å²) in [5.41, 5.74) is 0. The number of Topliss-reactive ketones (excluding diaryl/α,β-unsaturated/α-hetero) is 1. The van der Waals surface area contributed by atoms with Crippen molar-refractivity contribution in [1.29, 1.82) is 0 Å². The van der Waals surface area contributed by atoms with Gasteiger partial charge in [0.1, 0.15) is 0 Å². The molecule has 0 aromatic carbocycles. The van der Waals surface area contributed by atoms with Crippen LogP contribution in [0.3, 0.4) is 0 Å². The van der Waals surface area contributed by atoms with E-state index >= 15 is 0 Å². The maximum absolute atomic E-state index is 11.9. The Bertz CT molecular complexity index is 360. The molecular formula is C12H15NOS. The summed E-state index contributed by atoms with van der Waals surface area (Å²) in [6.45, 7) is 0. The average Bonchev–Trinajstić information content (AvgIpc) is 2.95. The lowest BCUT2D eigenvalue weighted by Crippen LogP contribution is -2.14. The number of aromatic nitrogens is 1. The highest BCUT2D eigenvalue weighted by Crippen LogP contribution is 2.49. The molecule has 0 aliphatic heterocycles. The molecule has 15 heavy (non-hydrogen) atoms. The van der Waals surface area contributed by atoms with Crippen LogP contribution in [0.5, 0.6) is 0 Å². The van der Waals surface area contributed by atoms with Gasteiger partial charge in [-0.05, 0) is 54.6 Å². The lowest BCUT2D eigenvalue weighted by Gasteiger charge is -2.20. The molecular weight excluding hydrogens is 206 g/mol. The fraction of sp³-hybridized carbons (Fsp3) is 0.667. The summed E-state index contributed by atoms with van der Waals surface area (Å²) in [5.74, 6) is 2.79. The van der Waals surface area contributed by atoms with Gasteiger partial charge in [-0.2, -0.15) is 0 Å². The smallest absolute Gasteiger partial charge is 0.174 e. The highest BCUT2D eigenvalue weighted by molar-refractivity contribution is 7.08. The summed E-state index contributed by atoms with van der Waals surface area (Å²) >= 11 is 1.33. The fourth-order valence-corrected chi connectivity index (χ4v) is 3.87. The zero-order valence-electron chi connectivity index (χ0n) is 8.69. The van der Waals surface area contributed by atoms with Crippen LogP contribution in [0.25, 0.3) is 0 Å². The molecule has 3 unspecified atom stereocenters. The van der Waals surface area contributed by atoms with Gasteiger partial charge in [0.25, 0.3) is 0 Å². The lowest BCUT2D eigenvalue weighted by molar-refractivity contribution is 0.0948. The van der Waals surface area contributed by atoms with Crippen LogP contribution < -0.4 is 0 Å². The number of carbonyl (C=O) groups excluding carboxylic acids is 1. The summed E-state index contributed by atoms with van der Waals surface area (Å²) in [6, 6.07) is 1.85. The van der Waals surface area contributed by atoms with Gasteiger partial charge in [0.05, 0.1) is 4.88 Å². The molecule has 2 nitrogen and oxygen atoms in total. The second-order valence-corrected chi connectivity index (χ2v) is 5.77. The third kappa shape index (κ3) is 1.73. The summed E-state index contributed by atoms with van der Waals surface area (Å²) < 4.78 is 3.99. The maximum atomic E-state index is 11.9. The zero-order valence-corrected chi connectivity index (χ0v) is 9.50. The first-order chi connectivity index (χ1) is 7.33. The van der Waals surface area contributed by atoms with E-state index in [0.717, 1.165) is 23.1 Å². The summed E-state index contributed by atoms with van der Waals surface area (Å²) in [6.07, 6.45) is 7.96. The van der Waals surface area contributed by atoms with Gasteiger partial charge < -0.3 is 0 Å². The van der Waals surface area contributed by atoms with Crippen LogP contribution in [0.2, 0.25) is 0 Å². The van der Waals surface area contributed by atoms with E-state index in [1.807, 2.05) is 6.07 Å². The Hall–Kier alpha value is -0.700. The molecule has 0 saturated heterocycles. The number of fused-ring (bicyclic) bond motifs is 2. The Morgan fingerprint density at radius 3 is 3.00 bits per heavy atom. The Kier molecular flexibility index (Phi) is 2.35. The van der Waals surface area contributed by atoms with Crippen molar-refractivity contribution in [1.82, 2.24) is 4.37 Å². The maximum Gasteiger partial charge on any atom is 0.174 e. The van der Waals surface area contributed by atoms with Crippen LogP contribution in [0.15, 0.2) is 12.3 Å². The van der Waals surface area contributed by atoms with E-state index in [2.05, 4.69) is 4.37 Å².